The Hall–Kier alpha value is -1.10. The molecule has 3 fully saturated rings. The lowest BCUT2D eigenvalue weighted by atomic mass is 9.58. The molecule has 25 heavy (non-hydrogen) atoms. The van der Waals surface area contributed by atoms with Crippen LogP contribution in [0.2, 0.25) is 0 Å². The van der Waals surface area contributed by atoms with E-state index >= 15 is 0 Å². The van der Waals surface area contributed by atoms with E-state index in [-0.39, 0.29) is 17.6 Å². The second-order valence-corrected chi connectivity index (χ2v) is 8.02. The van der Waals surface area contributed by atoms with Gasteiger partial charge in [-0.25, -0.2) is 0 Å². The Morgan fingerprint density at radius 1 is 1.08 bits per heavy atom. The molecule has 2 aliphatic heterocycles. The Morgan fingerprint density at radius 3 is 2.36 bits per heavy atom. The van der Waals surface area contributed by atoms with Crippen LogP contribution in [0.5, 0.6) is 0 Å². The van der Waals surface area contributed by atoms with Gasteiger partial charge in [0.2, 0.25) is 0 Å². The van der Waals surface area contributed by atoms with Gasteiger partial charge in [-0.1, -0.05) is 18.2 Å². The fourth-order valence-electron chi connectivity index (χ4n) is 5.25. The topological polar surface area (TPSA) is 35.9 Å². The number of nitrogens with zero attached hydrogens (tertiary/aromatic N) is 2. The summed E-state index contributed by atoms with van der Waals surface area (Å²) in [7, 11) is 0. The highest BCUT2D eigenvalue weighted by Gasteiger charge is 2.56. The molecule has 2 atom stereocenters. The lowest BCUT2D eigenvalue weighted by molar-refractivity contribution is -0.211. The molecular weight excluding hydrogens is 312 g/mol. The normalized spacial score (nSPS) is 30.4. The number of piperidine rings is 2. The summed E-state index contributed by atoms with van der Waals surface area (Å²) in [4.78, 5) is 5.20. The summed E-state index contributed by atoms with van der Waals surface area (Å²) in [5, 5.41) is 10.4. The summed E-state index contributed by atoms with van der Waals surface area (Å²) in [6, 6.07) is 11.5. The van der Waals surface area contributed by atoms with Gasteiger partial charge in [0.05, 0.1) is 12.2 Å². The fraction of sp³-hybridized carbons (Fsp3) is 0.714. The monoisotopic (exact) mass is 344 g/mol. The highest BCUT2D eigenvalue weighted by Crippen LogP contribution is 2.51. The van der Waals surface area contributed by atoms with Crippen molar-refractivity contribution in [3.63, 3.8) is 0 Å². The molecule has 2 saturated heterocycles. The summed E-state index contributed by atoms with van der Waals surface area (Å²) in [6.07, 6.45) is 5.66. The molecule has 138 valence electrons. The van der Waals surface area contributed by atoms with Crippen molar-refractivity contribution in [2.75, 3.05) is 37.7 Å². The van der Waals surface area contributed by atoms with Crippen LogP contribution in [-0.4, -0.2) is 61.0 Å². The summed E-state index contributed by atoms with van der Waals surface area (Å²) >= 11 is 0. The van der Waals surface area contributed by atoms with E-state index in [9.17, 15) is 5.11 Å². The first-order valence-corrected chi connectivity index (χ1v) is 10.1. The average Bonchev–Trinajstić information content (AvgIpc) is 2.69. The SMILES string of the molecule is CCO[C@@H]1C[C@H](O)C12CCN(C1CCN(c3ccccc3)CC1)CC2. The van der Waals surface area contributed by atoms with Crippen LogP contribution in [-0.2, 0) is 4.74 Å². The number of ether oxygens (including phenoxy) is 1. The highest BCUT2D eigenvalue weighted by atomic mass is 16.5. The van der Waals surface area contributed by atoms with Crippen molar-refractivity contribution in [1.29, 1.82) is 0 Å². The third-order valence-corrected chi connectivity index (χ3v) is 6.94. The van der Waals surface area contributed by atoms with Gasteiger partial charge in [0, 0.05) is 43.3 Å². The minimum absolute atomic E-state index is 0.0528. The van der Waals surface area contributed by atoms with E-state index in [1.165, 1.54) is 18.5 Å². The second-order valence-electron chi connectivity index (χ2n) is 8.02. The number of likely N-dealkylation sites (tertiary alicyclic amines) is 1. The van der Waals surface area contributed by atoms with Gasteiger partial charge in [-0.2, -0.15) is 0 Å². The first-order valence-electron chi connectivity index (χ1n) is 10.1. The minimum Gasteiger partial charge on any atom is -0.392 e. The van der Waals surface area contributed by atoms with Crippen LogP contribution in [0, 0.1) is 5.41 Å². The van der Waals surface area contributed by atoms with E-state index in [1.54, 1.807) is 0 Å². The van der Waals surface area contributed by atoms with Gasteiger partial charge < -0.3 is 19.6 Å². The summed E-state index contributed by atoms with van der Waals surface area (Å²) in [5.41, 5.74) is 1.41. The fourth-order valence-corrected chi connectivity index (χ4v) is 5.25. The zero-order valence-electron chi connectivity index (χ0n) is 15.4. The predicted octanol–water partition coefficient (Wildman–Crippen LogP) is 2.91. The molecule has 0 amide bonds. The molecule has 1 spiro atoms. The Kier molecular flexibility index (Phi) is 5.03. The van der Waals surface area contributed by atoms with Crippen molar-refractivity contribution in [2.24, 2.45) is 5.41 Å². The van der Waals surface area contributed by atoms with Crippen molar-refractivity contribution in [1.82, 2.24) is 4.90 Å². The number of hydrogen-bond donors (Lipinski definition) is 1. The summed E-state index contributed by atoms with van der Waals surface area (Å²) < 4.78 is 5.90. The van der Waals surface area contributed by atoms with E-state index < -0.39 is 0 Å². The van der Waals surface area contributed by atoms with Crippen molar-refractivity contribution in [3.8, 4) is 0 Å². The molecule has 4 nitrogen and oxygen atoms in total. The first-order chi connectivity index (χ1) is 12.2. The third-order valence-electron chi connectivity index (χ3n) is 6.94. The van der Waals surface area contributed by atoms with Crippen molar-refractivity contribution in [2.45, 2.75) is 57.3 Å². The zero-order chi connectivity index (χ0) is 17.3. The van der Waals surface area contributed by atoms with Crippen molar-refractivity contribution in [3.05, 3.63) is 30.3 Å². The Morgan fingerprint density at radius 2 is 1.76 bits per heavy atom. The van der Waals surface area contributed by atoms with E-state index in [1.807, 2.05) is 0 Å². The number of para-hydroxylation sites is 1. The second kappa shape index (κ2) is 7.26. The Balaban J connectivity index is 1.29. The summed E-state index contributed by atoms with van der Waals surface area (Å²) in [5.74, 6) is 0. The maximum Gasteiger partial charge on any atom is 0.0681 e. The van der Waals surface area contributed by atoms with Gasteiger partial charge in [-0.05, 0) is 57.8 Å². The van der Waals surface area contributed by atoms with Gasteiger partial charge in [-0.3, -0.25) is 0 Å². The molecular formula is C21H32N2O2. The van der Waals surface area contributed by atoms with E-state index in [2.05, 4.69) is 47.1 Å². The van der Waals surface area contributed by atoms with Crippen LogP contribution < -0.4 is 4.90 Å². The molecule has 1 saturated carbocycles. The van der Waals surface area contributed by atoms with Gasteiger partial charge in [0.15, 0.2) is 0 Å². The predicted molar refractivity (Wildman–Crippen MR) is 101 cm³/mol. The Labute approximate surface area is 151 Å². The van der Waals surface area contributed by atoms with E-state index in [0.29, 0.717) is 6.04 Å². The number of benzene rings is 1. The molecule has 4 rings (SSSR count). The zero-order valence-corrected chi connectivity index (χ0v) is 15.4. The smallest absolute Gasteiger partial charge is 0.0681 e. The first kappa shape index (κ1) is 17.3. The molecule has 0 aromatic heterocycles. The van der Waals surface area contributed by atoms with Crippen LogP contribution in [0.1, 0.15) is 39.0 Å². The number of aliphatic hydroxyl groups is 1. The number of aliphatic hydroxyl groups excluding tert-OH is 1. The van der Waals surface area contributed by atoms with Gasteiger partial charge in [0.1, 0.15) is 0 Å². The average molecular weight is 344 g/mol. The van der Waals surface area contributed by atoms with E-state index in [0.717, 1.165) is 52.0 Å². The molecule has 4 heteroatoms. The van der Waals surface area contributed by atoms with Gasteiger partial charge in [-0.15, -0.1) is 0 Å². The number of hydrogen-bond acceptors (Lipinski definition) is 4. The quantitative estimate of drug-likeness (QED) is 0.911. The van der Waals surface area contributed by atoms with Crippen LogP contribution in [0.3, 0.4) is 0 Å². The van der Waals surface area contributed by atoms with Gasteiger partial charge in [0.25, 0.3) is 0 Å². The minimum atomic E-state index is -0.147. The Bertz CT molecular complexity index is 546. The van der Waals surface area contributed by atoms with E-state index in [4.69, 9.17) is 4.74 Å². The molecule has 0 radical (unpaired) electrons. The molecule has 2 heterocycles. The molecule has 1 aromatic rings. The lowest BCUT2D eigenvalue weighted by Crippen LogP contribution is -2.63. The van der Waals surface area contributed by atoms with Crippen LogP contribution in [0.25, 0.3) is 0 Å². The molecule has 0 unspecified atom stereocenters. The maximum atomic E-state index is 10.4. The maximum absolute atomic E-state index is 10.4. The largest absolute Gasteiger partial charge is 0.392 e. The number of rotatable bonds is 4. The molecule has 0 bridgehead atoms. The lowest BCUT2D eigenvalue weighted by Gasteiger charge is -2.57. The van der Waals surface area contributed by atoms with Crippen molar-refractivity contribution >= 4 is 5.69 Å². The molecule has 1 N–H and O–H groups in total. The van der Waals surface area contributed by atoms with Gasteiger partial charge >= 0.3 is 0 Å². The standard InChI is InChI=1S/C21H32N2O2/c1-2-25-20-16-19(24)21(20)10-14-23(15-11-21)18-8-12-22(13-9-18)17-6-4-3-5-7-17/h3-7,18-20,24H,2,8-16H2,1H3/t19-,20+/m0/s1. The molecule has 1 aromatic carbocycles. The number of anilines is 1. The van der Waals surface area contributed by atoms with Crippen LogP contribution in [0.15, 0.2) is 30.3 Å². The molecule has 3 aliphatic rings. The highest BCUT2D eigenvalue weighted by molar-refractivity contribution is 5.46. The molecule has 1 aliphatic carbocycles. The van der Waals surface area contributed by atoms with Crippen molar-refractivity contribution < 1.29 is 9.84 Å². The third kappa shape index (κ3) is 3.20. The summed E-state index contributed by atoms with van der Waals surface area (Å²) in [6.45, 7) is 7.38. The van der Waals surface area contributed by atoms with Crippen LogP contribution in [0.4, 0.5) is 5.69 Å². The van der Waals surface area contributed by atoms with Crippen LogP contribution >= 0.6 is 0 Å².